The summed E-state index contributed by atoms with van der Waals surface area (Å²) in [6.45, 7) is 0.549. The number of rotatable bonds is 3. The number of hydrogen-bond donors (Lipinski definition) is 2. The van der Waals surface area contributed by atoms with Crippen LogP contribution in [0, 0.1) is 0 Å². The summed E-state index contributed by atoms with van der Waals surface area (Å²) in [4.78, 5) is 10.3. The van der Waals surface area contributed by atoms with E-state index in [-0.39, 0.29) is 5.60 Å². The summed E-state index contributed by atoms with van der Waals surface area (Å²) < 4.78 is 4.85. The van der Waals surface area contributed by atoms with Crippen molar-refractivity contribution in [2.24, 2.45) is 11.5 Å². The molecule has 0 aliphatic heterocycles. The Morgan fingerprint density at radius 3 is 2.50 bits per heavy atom. The summed E-state index contributed by atoms with van der Waals surface area (Å²) in [6.07, 6.45) is 1.86. The van der Waals surface area contributed by atoms with Crippen LogP contribution < -0.4 is 11.5 Å². The predicted octanol–water partition coefficient (Wildman–Crippen LogP) is -0.0369. The van der Waals surface area contributed by atoms with Crippen molar-refractivity contribution in [3.63, 3.8) is 0 Å². The number of hydrogen-bond acceptors (Lipinski definition) is 3. The van der Waals surface area contributed by atoms with Crippen LogP contribution in [0.3, 0.4) is 0 Å². The number of carbonyl (C=O) groups excluding carboxylic acids is 1. The molecular formula is C6H12N2O2. The topological polar surface area (TPSA) is 78.3 Å². The molecule has 4 heteroatoms. The van der Waals surface area contributed by atoms with E-state index in [0.717, 1.165) is 19.3 Å². The van der Waals surface area contributed by atoms with Crippen LogP contribution in [0.5, 0.6) is 0 Å². The minimum Gasteiger partial charge on any atom is -0.443 e. The monoisotopic (exact) mass is 144 g/mol. The molecule has 1 aliphatic rings. The van der Waals surface area contributed by atoms with Crippen LogP contribution in [-0.2, 0) is 4.74 Å². The van der Waals surface area contributed by atoms with Gasteiger partial charge in [-0.25, -0.2) is 4.79 Å². The highest BCUT2D eigenvalue weighted by atomic mass is 16.6. The lowest BCUT2D eigenvalue weighted by Gasteiger charge is -2.12. The highest BCUT2D eigenvalue weighted by Gasteiger charge is 2.45. The zero-order valence-corrected chi connectivity index (χ0v) is 5.80. The standard InChI is InChI=1S/C6H12N2O2/c7-4-3-6(1-2-6)10-5(8)9/h1-4,7H2,(H2,8,9). The van der Waals surface area contributed by atoms with Gasteiger partial charge in [0, 0.05) is 0 Å². The summed E-state index contributed by atoms with van der Waals surface area (Å²) in [7, 11) is 0. The molecule has 58 valence electrons. The van der Waals surface area contributed by atoms with Crippen molar-refractivity contribution in [2.45, 2.75) is 24.9 Å². The maximum Gasteiger partial charge on any atom is 0.405 e. The Morgan fingerprint density at radius 2 is 2.20 bits per heavy atom. The summed E-state index contributed by atoms with van der Waals surface area (Å²) in [5.74, 6) is 0. The molecule has 4 N–H and O–H groups in total. The Labute approximate surface area is 59.5 Å². The Hall–Kier alpha value is -0.770. The zero-order valence-electron chi connectivity index (χ0n) is 5.80. The molecule has 1 rings (SSSR count). The van der Waals surface area contributed by atoms with Gasteiger partial charge in [-0.05, 0) is 25.8 Å². The lowest BCUT2D eigenvalue weighted by Crippen LogP contribution is -2.26. The average molecular weight is 144 g/mol. The average Bonchev–Trinajstić information content (AvgIpc) is 2.47. The molecule has 0 unspecified atom stereocenters. The molecule has 0 aromatic heterocycles. The number of nitrogens with two attached hydrogens (primary N) is 2. The molecule has 0 bridgehead atoms. The van der Waals surface area contributed by atoms with E-state index in [2.05, 4.69) is 0 Å². The van der Waals surface area contributed by atoms with Gasteiger partial charge in [-0.15, -0.1) is 0 Å². The van der Waals surface area contributed by atoms with Crippen LogP contribution in [-0.4, -0.2) is 18.2 Å². The van der Waals surface area contributed by atoms with Crippen LogP contribution in [0.25, 0.3) is 0 Å². The Bertz CT molecular complexity index is 143. The minimum absolute atomic E-state index is 0.277. The Balaban J connectivity index is 2.30. The minimum atomic E-state index is -0.689. The van der Waals surface area contributed by atoms with Gasteiger partial charge in [0.25, 0.3) is 0 Å². The van der Waals surface area contributed by atoms with Crippen molar-refractivity contribution in [3.8, 4) is 0 Å². The molecule has 1 saturated carbocycles. The fourth-order valence-corrected chi connectivity index (χ4v) is 1.02. The van der Waals surface area contributed by atoms with Crippen LogP contribution in [0.1, 0.15) is 19.3 Å². The van der Waals surface area contributed by atoms with E-state index in [1.807, 2.05) is 0 Å². The van der Waals surface area contributed by atoms with Crippen LogP contribution >= 0.6 is 0 Å². The van der Waals surface area contributed by atoms with Gasteiger partial charge in [-0.2, -0.15) is 0 Å². The van der Waals surface area contributed by atoms with Gasteiger partial charge in [0.1, 0.15) is 5.60 Å². The largest absolute Gasteiger partial charge is 0.443 e. The third-order valence-corrected chi connectivity index (χ3v) is 1.72. The van der Waals surface area contributed by atoms with Crippen molar-refractivity contribution in [3.05, 3.63) is 0 Å². The van der Waals surface area contributed by atoms with E-state index < -0.39 is 6.09 Å². The molecule has 0 atom stereocenters. The van der Waals surface area contributed by atoms with Crippen molar-refractivity contribution >= 4 is 6.09 Å². The highest BCUT2D eigenvalue weighted by molar-refractivity contribution is 5.65. The van der Waals surface area contributed by atoms with Crippen molar-refractivity contribution < 1.29 is 9.53 Å². The maximum absolute atomic E-state index is 10.3. The molecule has 1 aliphatic carbocycles. The number of primary amides is 1. The second kappa shape index (κ2) is 2.46. The quantitative estimate of drug-likeness (QED) is 0.583. The predicted molar refractivity (Wildman–Crippen MR) is 36.3 cm³/mol. The van der Waals surface area contributed by atoms with E-state index >= 15 is 0 Å². The van der Waals surface area contributed by atoms with Gasteiger partial charge in [-0.3, -0.25) is 0 Å². The lowest BCUT2D eigenvalue weighted by atomic mass is 10.2. The molecule has 1 fully saturated rings. The zero-order chi connectivity index (χ0) is 7.61. The van der Waals surface area contributed by atoms with Gasteiger partial charge in [0.2, 0.25) is 0 Å². The van der Waals surface area contributed by atoms with Gasteiger partial charge < -0.3 is 16.2 Å². The van der Waals surface area contributed by atoms with Gasteiger partial charge in [-0.1, -0.05) is 0 Å². The summed E-state index contributed by atoms with van der Waals surface area (Å²) in [5, 5.41) is 0. The molecule has 0 spiro atoms. The van der Waals surface area contributed by atoms with Crippen LogP contribution in [0.2, 0.25) is 0 Å². The van der Waals surface area contributed by atoms with Crippen molar-refractivity contribution in [1.29, 1.82) is 0 Å². The van der Waals surface area contributed by atoms with Crippen LogP contribution in [0.15, 0.2) is 0 Å². The molecule has 0 heterocycles. The first-order valence-corrected chi connectivity index (χ1v) is 3.37. The third-order valence-electron chi connectivity index (χ3n) is 1.72. The summed E-state index contributed by atoms with van der Waals surface area (Å²) in [6, 6.07) is 0. The first-order chi connectivity index (χ1) is 4.68. The third kappa shape index (κ3) is 1.60. The number of amides is 1. The summed E-state index contributed by atoms with van der Waals surface area (Å²) in [5.41, 5.74) is 9.87. The van der Waals surface area contributed by atoms with Crippen molar-refractivity contribution in [2.75, 3.05) is 6.54 Å². The number of carbonyl (C=O) groups is 1. The van der Waals surface area contributed by atoms with E-state index in [1.54, 1.807) is 0 Å². The van der Waals surface area contributed by atoms with Gasteiger partial charge >= 0.3 is 6.09 Å². The molecule has 4 nitrogen and oxygen atoms in total. The van der Waals surface area contributed by atoms with Crippen LogP contribution in [0.4, 0.5) is 4.79 Å². The first-order valence-electron chi connectivity index (χ1n) is 3.37. The van der Waals surface area contributed by atoms with Gasteiger partial charge in [0.05, 0.1) is 0 Å². The lowest BCUT2D eigenvalue weighted by molar-refractivity contribution is 0.0869. The van der Waals surface area contributed by atoms with E-state index in [9.17, 15) is 4.79 Å². The summed E-state index contributed by atoms with van der Waals surface area (Å²) >= 11 is 0. The van der Waals surface area contributed by atoms with E-state index in [1.165, 1.54) is 0 Å². The van der Waals surface area contributed by atoms with Gasteiger partial charge in [0.15, 0.2) is 0 Å². The SMILES string of the molecule is NCCC1(OC(N)=O)CC1. The molecule has 0 aromatic carbocycles. The molecular weight excluding hydrogens is 132 g/mol. The molecule has 0 saturated heterocycles. The fourth-order valence-electron chi connectivity index (χ4n) is 1.02. The second-order valence-corrected chi connectivity index (χ2v) is 2.64. The maximum atomic E-state index is 10.3. The molecule has 10 heavy (non-hydrogen) atoms. The smallest absolute Gasteiger partial charge is 0.405 e. The Kier molecular flexibility index (Phi) is 1.80. The molecule has 0 radical (unpaired) electrons. The van der Waals surface area contributed by atoms with Crippen molar-refractivity contribution in [1.82, 2.24) is 0 Å². The molecule has 0 aromatic rings. The normalized spacial score (nSPS) is 20.1. The first kappa shape index (κ1) is 7.34. The second-order valence-electron chi connectivity index (χ2n) is 2.64. The molecule has 1 amide bonds. The number of ether oxygens (including phenoxy) is 1. The van der Waals surface area contributed by atoms with E-state index in [4.69, 9.17) is 16.2 Å². The van der Waals surface area contributed by atoms with E-state index in [0.29, 0.717) is 6.54 Å². The highest BCUT2D eigenvalue weighted by Crippen LogP contribution is 2.42. The Morgan fingerprint density at radius 1 is 1.60 bits per heavy atom. The fraction of sp³-hybridized carbons (Fsp3) is 0.833.